The van der Waals surface area contributed by atoms with Gasteiger partial charge in [0.2, 0.25) is 11.9 Å². The van der Waals surface area contributed by atoms with Crippen LogP contribution in [0, 0.1) is 0 Å². The van der Waals surface area contributed by atoms with E-state index < -0.39 is 0 Å². The van der Waals surface area contributed by atoms with Crippen molar-refractivity contribution < 1.29 is 4.74 Å². The Kier molecular flexibility index (Phi) is 5.96. The predicted molar refractivity (Wildman–Crippen MR) is 135 cm³/mol. The molecule has 182 valence electrons. The first-order valence-corrected chi connectivity index (χ1v) is 11.9. The second-order valence-electron chi connectivity index (χ2n) is 8.60. The Balaban J connectivity index is 1.33. The number of hydrogen-bond donors (Lipinski definition) is 2. The fourth-order valence-electron chi connectivity index (χ4n) is 4.47. The van der Waals surface area contributed by atoms with E-state index in [9.17, 15) is 4.79 Å². The Hall–Kier alpha value is -4.38. The van der Waals surface area contributed by atoms with Gasteiger partial charge in [0.1, 0.15) is 5.82 Å². The van der Waals surface area contributed by atoms with Gasteiger partial charge >= 0.3 is 0 Å². The van der Waals surface area contributed by atoms with E-state index in [4.69, 9.17) is 14.7 Å². The van der Waals surface area contributed by atoms with Crippen molar-refractivity contribution >= 4 is 23.4 Å². The number of anilines is 4. The standard InChI is InChI=1S/C25H25N9O2/c35-21-6-10-26-24(31-21)29-18-4-2-17(3-5-18)22-30-20-16-34(25-27-8-1-9-28-25)11-7-19(20)23(32-22)33-12-14-36-15-13-33/h1-6,8-10H,7,11-16H2,(H2,26,29,31,35). The van der Waals surface area contributed by atoms with Gasteiger partial charge in [-0.25, -0.2) is 24.9 Å². The fraction of sp³-hybridized carbons (Fsp3) is 0.280. The molecule has 0 atom stereocenters. The molecule has 11 nitrogen and oxygen atoms in total. The summed E-state index contributed by atoms with van der Waals surface area (Å²) in [6.45, 7) is 4.42. The third-order valence-electron chi connectivity index (χ3n) is 6.27. The van der Waals surface area contributed by atoms with E-state index in [1.54, 1.807) is 12.4 Å². The molecule has 0 amide bonds. The minimum atomic E-state index is -0.211. The van der Waals surface area contributed by atoms with Gasteiger partial charge < -0.3 is 19.9 Å². The van der Waals surface area contributed by atoms with Gasteiger partial charge in [-0.2, -0.15) is 0 Å². The van der Waals surface area contributed by atoms with Crippen LogP contribution in [-0.2, 0) is 17.7 Å². The average molecular weight is 484 g/mol. The highest BCUT2D eigenvalue weighted by atomic mass is 16.5. The molecule has 5 heterocycles. The quantitative estimate of drug-likeness (QED) is 0.436. The molecule has 1 fully saturated rings. The minimum Gasteiger partial charge on any atom is -0.378 e. The van der Waals surface area contributed by atoms with Crippen molar-refractivity contribution in [2.45, 2.75) is 13.0 Å². The van der Waals surface area contributed by atoms with Crippen LogP contribution in [0.25, 0.3) is 11.4 Å². The molecule has 2 aliphatic rings. The van der Waals surface area contributed by atoms with Crippen LogP contribution in [0.2, 0.25) is 0 Å². The number of fused-ring (bicyclic) bond motifs is 1. The number of benzene rings is 1. The molecule has 1 saturated heterocycles. The second kappa shape index (κ2) is 9.70. The Labute approximate surface area is 207 Å². The van der Waals surface area contributed by atoms with E-state index >= 15 is 0 Å². The normalized spacial score (nSPS) is 15.4. The van der Waals surface area contributed by atoms with Crippen molar-refractivity contribution in [1.29, 1.82) is 0 Å². The van der Waals surface area contributed by atoms with E-state index in [0.29, 0.717) is 37.5 Å². The summed E-state index contributed by atoms with van der Waals surface area (Å²) in [5.41, 5.74) is 3.67. The number of morpholine rings is 1. The topological polar surface area (TPSA) is 125 Å². The number of nitrogens with one attached hydrogen (secondary N) is 2. The summed E-state index contributed by atoms with van der Waals surface area (Å²) in [6.07, 6.45) is 5.82. The van der Waals surface area contributed by atoms with Crippen molar-refractivity contribution in [2.24, 2.45) is 0 Å². The molecule has 1 aromatic carbocycles. The van der Waals surface area contributed by atoms with Crippen molar-refractivity contribution in [3.63, 3.8) is 0 Å². The van der Waals surface area contributed by atoms with E-state index in [2.05, 4.69) is 35.1 Å². The summed E-state index contributed by atoms with van der Waals surface area (Å²) in [5, 5.41) is 3.11. The average Bonchev–Trinajstić information content (AvgIpc) is 2.93. The zero-order valence-corrected chi connectivity index (χ0v) is 19.6. The van der Waals surface area contributed by atoms with Gasteiger partial charge in [0, 0.05) is 61.1 Å². The molecule has 0 spiro atoms. The van der Waals surface area contributed by atoms with E-state index in [-0.39, 0.29) is 5.56 Å². The summed E-state index contributed by atoms with van der Waals surface area (Å²) in [7, 11) is 0. The zero-order chi connectivity index (χ0) is 24.3. The predicted octanol–water partition coefficient (Wildman–Crippen LogP) is 2.16. The lowest BCUT2D eigenvalue weighted by Crippen LogP contribution is -2.39. The largest absolute Gasteiger partial charge is 0.378 e. The number of nitrogens with zero attached hydrogens (tertiary/aromatic N) is 7. The van der Waals surface area contributed by atoms with E-state index in [0.717, 1.165) is 48.8 Å². The maximum atomic E-state index is 11.5. The molecule has 36 heavy (non-hydrogen) atoms. The molecule has 4 aromatic rings. The molecule has 2 N–H and O–H groups in total. The SMILES string of the molecule is O=c1ccnc(Nc2ccc(-c3nc4c(c(N5CCOCC5)n3)CCN(c3ncccn3)C4)cc2)[nH]1. The smallest absolute Gasteiger partial charge is 0.252 e. The first kappa shape index (κ1) is 22.1. The number of rotatable bonds is 5. The summed E-state index contributed by atoms with van der Waals surface area (Å²) >= 11 is 0. The van der Waals surface area contributed by atoms with Crippen LogP contribution >= 0.6 is 0 Å². The van der Waals surface area contributed by atoms with Crippen LogP contribution in [0.3, 0.4) is 0 Å². The Morgan fingerprint density at radius 2 is 1.69 bits per heavy atom. The first-order valence-electron chi connectivity index (χ1n) is 11.9. The van der Waals surface area contributed by atoms with E-state index in [1.807, 2.05) is 30.3 Å². The Morgan fingerprint density at radius 1 is 0.889 bits per heavy atom. The summed E-state index contributed by atoms with van der Waals surface area (Å²) in [6, 6.07) is 11.0. The molecular weight excluding hydrogens is 458 g/mol. The van der Waals surface area contributed by atoms with Crippen LogP contribution in [-0.4, -0.2) is 62.8 Å². The maximum absolute atomic E-state index is 11.5. The van der Waals surface area contributed by atoms with Gasteiger partial charge in [-0.3, -0.25) is 9.78 Å². The highest BCUT2D eigenvalue weighted by molar-refractivity contribution is 5.65. The molecular formula is C25H25N9O2. The van der Waals surface area contributed by atoms with Crippen molar-refractivity contribution in [3.05, 3.63) is 76.6 Å². The Bertz CT molecular complexity index is 1400. The summed E-state index contributed by atoms with van der Waals surface area (Å²) in [4.78, 5) is 41.7. The van der Waals surface area contributed by atoms with Gasteiger partial charge in [0.05, 0.1) is 25.5 Å². The summed E-state index contributed by atoms with van der Waals surface area (Å²) in [5.74, 6) is 2.75. The van der Waals surface area contributed by atoms with Crippen LogP contribution in [0.4, 0.5) is 23.4 Å². The molecule has 0 unspecified atom stereocenters. The minimum absolute atomic E-state index is 0.211. The molecule has 6 rings (SSSR count). The monoisotopic (exact) mass is 483 g/mol. The van der Waals surface area contributed by atoms with Gasteiger partial charge in [-0.15, -0.1) is 0 Å². The highest BCUT2D eigenvalue weighted by Gasteiger charge is 2.27. The van der Waals surface area contributed by atoms with Crippen LogP contribution in [0.5, 0.6) is 0 Å². The number of aromatic nitrogens is 6. The summed E-state index contributed by atoms with van der Waals surface area (Å²) < 4.78 is 5.58. The van der Waals surface area contributed by atoms with Crippen molar-refractivity contribution in [1.82, 2.24) is 29.9 Å². The molecule has 11 heteroatoms. The molecule has 0 bridgehead atoms. The molecule has 0 radical (unpaired) electrons. The lowest BCUT2D eigenvalue weighted by atomic mass is 10.0. The molecule has 2 aliphatic heterocycles. The van der Waals surface area contributed by atoms with E-state index in [1.165, 1.54) is 17.8 Å². The fourth-order valence-corrected chi connectivity index (χ4v) is 4.47. The lowest BCUT2D eigenvalue weighted by Gasteiger charge is -2.34. The molecule has 0 saturated carbocycles. The zero-order valence-electron chi connectivity index (χ0n) is 19.6. The van der Waals surface area contributed by atoms with Crippen LogP contribution in [0.1, 0.15) is 11.3 Å². The van der Waals surface area contributed by atoms with Gasteiger partial charge in [-0.1, -0.05) is 0 Å². The molecule has 3 aromatic heterocycles. The number of hydrogen-bond acceptors (Lipinski definition) is 10. The number of H-pyrrole nitrogens is 1. The first-order chi connectivity index (χ1) is 17.7. The number of aromatic amines is 1. The highest BCUT2D eigenvalue weighted by Crippen LogP contribution is 2.31. The number of ether oxygens (including phenoxy) is 1. The van der Waals surface area contributed by atoms with Crippen molar-refractivity contribution in [2.75, 3.05) is 48.0 Å². The lowest BCUT2D eigenvalue weighted by molar-refractivity contribution is 0.122. The van der Waals surface area contributed by atoms with Gasteiger partial charge in [-0.05, 0) is 36.8 Å². The Morgan fingerprint density at radius 3 is 2.47 bits per heavy atom. The van der Waals surface area contributed by atoms with Gasteiger partial charge in [0.25, 0.3) is 5.56 Å². The third-order valence-corrected chi connectivity index (χ3v) is 6.27. The van der Waals surface area contributed by atoms with Crippen LogP contribution in [0.15, 0.2) is 59.8 Å². The molecule has 0 aliphatic carbocycles. The van der Waals surface area contributed by atoms with Crippen molar-refractivity contribution in [3.8, 4) is 11.4 Å². The van der Waals surface area contributed by atoms with Gasteiger partial charge in [0.15, 0.2) is 5.82 Å². The second-order valence-corrected chi connectivity index (χ2v) is 8.60. The maximum Gasteiger partial charge on any atom is 0.252 e. The van der Waals surface area contributed by atoms with Crippen LogP contribution < -0.4 is 20.7 Å². The third kappa shape index (κ3) is 4.60.